The van der Waals surface area contributed by atoms with Crippen LogP contribution >= 0.6 is 0 Å². The Kier molecular flexibility index (Phi) is 3.36. The van der Waals surface area contributed by atoms with E-state index in [4.69, 9.17) is 9.31 Å². The van der Waals surface area contributed by atoms with Gasteiger partial charge in [-0.2, -0.15) is 18.3 Å². The molecule has 0 saturated carbocycles. The normalized spacial score (nSPS) is 20.4. The number of alkyl halides is 3. The van der Waals surface area contributed by atoms with E-state index >= 15 is 0 Å². The van der Waals surface area contributed by atoms with Gasteiger partial charge >= 0.3 is 13.3 Å². The van der Waals surface area contributed by atoms with Gasteiger partial charge in [-0.1, -0.05) is 6.07 Å². The number of fused-ring (bicyclic) bond motifs is 1. The second kappa shape index (κ2) is 4.74. The molecule has 0 unspecified atom stereocenters. The molecule has 0 atom stereocenters. The summed E-state index contributed by atoms with van der Waals surface area (Å²) in [6.07, 6.45) is -2.97. The van der Waals surface area contributed by atoms with E-state index < -0.39 is 30.1 Å². The van der Waals surface area contributed by atoms with E-state index in [1.807, 2.05) is 27.7 Å². The van der Waals surface area contributed by atoms with E-state index in [-0.39, 0.29) is 5.46 Å². The average molecular weight is 326 g/mol. The minimum absolute atomic E-state index is 0.0170. The maximum absolute atomic E-state index is 13.5. The van der Waals surface area contributed by atoms with Crippen LogP contribution in [0, 0.1) is 0 Å². The lowest BCUT2D eigenvalue weighted by molar-refractivity contribution is -0.136. The van der Waals surface area contributed by atoms with Crippen molar-refractivity contribution in [3.8, 4) is 0 Å². The van der Waals surface area contributed by atoms with Gasteiger partial charge in [-0.25, -0.2) is 0 Å². The summed E-state index contributed by atoms with van der Waals surface area (Å²) in [5.74, 6) is 0. The molecule has 4 nitrogen and oxygen atoms in total. The Bertz CT molecular complexity index is 752. The zero-order valence-corrected chi connectivity index (χ0v) is 13.7. The largest absolute Gasteiger partial charge is 0.495 e. The third kappa shape index (κ3) is 2.53. The Morgan fingerprint density at radius 2 is 1.65 bits per heavy atom. The molecule has 0 bridgehead atoms. The lowest BCUT2D eigenvalue weighted by Gasteiger charge is -2.32. The molecule has 2 aromatic rings. The van der Waals surface area contributed by atoms with Gasteiger partial charge in [-0.3, -0.25) is 4.68 Å². The van der Waals surface area contributed by atoms with Gasteiger partial charge in [0.2, 0.25) is 0 Å². The van der Waals surface area contributed by atoms with Crippen LogP contribution in [0.3, 0.4) is 0 Å². The highest BCUT2D eigenvalue weighted by Crippen LogP contribution is 2.38. The highest BCUT2D eigenvalue weighted by molar-refractivity contribution is 6.63. The Morgan fingerprint density at radius 1 is 1.09 bits per heavy atom. The zero-order valence-electron chi connectivity index (χ0n) is 13.7. The molecule has 3 rings (SSSR count). The number of benzene rings is 1. The van der Waals surface area contributed by atoms with Gasteiger partial charge in [0.25, 0.3) is 0 Å². The number of hydrogen-bond acceptors (Lipinski definition) is 3. The third-order valence-corrected chi connectivity index (χ3v) is 4.73. The Morgan fingerprint density at radius 3 is 2.17 bits per heavy atom. The molecule has 8 heteroatoms. The summed E-state index contributed by atoms with van der Waals surface area (Å²) in [7, 11) is 0.540. The topological polar surface area (TPSA) is 36.3 Å². The molecular formula is C15H18BF3N2O2. The van der Waals surface area contributed by atoms with Crippen molar-refractivity contribution in [2.24, 2.45) is 7.05 Å². The maximum Gasteiger partial charge on any atom is 0.495 e. The fraction of sp³-hybridized carbons (Fsp3) is 0.533. The van der Waals surface area contributed by atoms with E-state index in [1.165, 1.54) is 16.9 Å². The minimum Gasteiger partial charge on any atom is -0.399 e. The first-order valence-corrected chi connectivity index (χ1v) is 7.31. The monoisotopic (exact) mass is 326 g/mol. The molecular weight excluding hydrogens is 308 g/mol. The van der Waals surface area contributed by atoms with Gasteiger partial charge in [0.1, 0.15) is 0 Å². The van der Waals surface area contributed by atoms with E-state index in [0.29, 0.717) is 10.9 Å². The first kappa shape index (κ1) is 16.3. The molecule has 0 spiro atoms. The summed E-state index contributed by atoms with van der Waals surface area (Å²) in [5, 5.41) is 4.63. The molecule has 0 amide bonds. The van der Waals surface area contributed by atoms with Crippen molar-refractivity contribution < 1.29 is 22.5 Å². The molecule has 0 radical (unpaired) electrons. The molecule has 1 aliphatic rings. The van der Waals surface area contributed by atoms with Crippen molar-refractivity contribution in [3.05, 3.63) is 23.9 Å². The van der Waals surface area contributed by atoms with Crippen LogP contribution in [0.4, 0.5) is 13.2 Å². The van der Waals surface area contributed by atoms with Gasteiger partial charge in [0.15, 0.2) is 0 Å². The molecule has 1 aliphatic heterocycles. The lowest BCUT2D eigenvalue weighted by atomic mass is 9.75. The highest BCUT2D eigenvalue weighted by Gasteiger charge is 2.53. The van der Waals surface area contributed by atoms with E-state index in [0.717, 1.165) is 6.07 Å². The molecule has 1 aromatic carbocycles. The van der Waals surface area contributed by atoms with Crippen LogP contribution < -0.4 is 5.46 Å². The fourth-order valence-corrected chi connectivity index (χ4v) is 2.63. The van der Waals surface area contributed by atoms with Crippen LogP contribution in [0.25, 0.3) is 10.9 Å². The predicted molar refractivity (Wildman–Crippen MR) is 81.4 cm³/mol. The number of hydrogen-bond donors (Lipinski definition) is 0. The standard InChI is InChI=1S/C15H18BF3N2O2/c1-13(2)14(3,4)23-16(22-13)11-6-9-8-20-21(5)12(9)7-10(11)15(17,18)19/h6-8H,1-5H3. The van der Waals surface area contributed by atoms with Gasteiger partial charge in [-0.15, -0.1) is 0 Å². The van der Waals surface area contributed by atoms with Gasteiger partial charge in [0.05, 0.1) is 28.5 Å². The minimum atomic E-state index is -4.50. The molecule has 2 heterocycles. The molecule has 1 aromatic heterocycles. The van der Waals surface area contributed by atoms with Crippen molar-refractivity contribution in [1.29, 1.82) is 0 Å². The van der Waals surface area contributed by atoms with E-state index in [2.05, 4.69) is 5.10 Å². The van der Waals surface area contributed by atoms with Gasteiger partial charge in [-0.05, 0) is 39.2 Å². The van der Waals surface area contributed by atoms with E-state index in [1.54, 1.807) is 7.05 Å². The lowest BCUT2D eigenvalue weighted by Crippen LogP contribution is -2.41. The van der Waals surface area contributed by atoms with Crippen LogP contribution in [0.1, 0.15) is 33.3 Å². The molecule has 124 valence electrons. The summed E-state index contributed by atoms with van der Waals surface area (Å²) in [4.78, 5) is 0. The molecule has 0 N–H and O–H groups in total. The summed E-state index contributed by atoms with van der Waals surface area (Å²) < 4.78 is 53.5. The maximum atomic E-state index is 13.5. The van der Waals surface area contributed by atoms with Gasteiger partial charge < -0.3 is 9.31 Å². The smallest absolute Gasteiger partial charge is 0.399 e. The highest BCUT2D eigenvalue weighted by atomic mass is 19.4. The molecule has 1 fully saturated rings. The summed E-state index contributed by atoms with van der Waals surface area (Å²) >= 11 is 0. The Balaban J connectivity index is 2.17. The summed E-state index contributed by atoms with van der Waals surface area (Å²) in [6, 6.07) is 2.55. The van der Waals surface area contributed by atoms with Crippen molar-refractivity contribution >= 4 is 23.5 Å². The van der Waals surface area contributed by atoms with Crippen LogP contribution in [0.5, 0.6) is 0 Å². The van der Waals surface area contributed by atoms with Crippen LogP contribution in [0.2, 0.25) is 0 Å². The predicted octanol–water partition coefficient (Wildman–Crippen LogP) is 2.89. The Labute approximate surface area is 132 Å². The average Bonchev–Trinajstić information content (AvgIpc) is 2.85. The molecule has 23 heavy (non-hydrogen) atoms. The number of halogens is 3. The Hall–Kier alpha value is -1.54. The van der Waals surface area contributed by atoms with E-state index in [9.17, 15) is 13.2 Å². The second-order valence-corrected chi connectivity index (χ2v) is 6.85. The van der Waals surface area contributed by atoms with Crippen molar-refractivity contribution in [2.75, 3.05) is 0 Å². The summed E-state index contributed by atoms with van der Waals surface area (Å²) in [5.41, 5.74) is -1.77. The van der Waals surface area contributed by atoms with Crippen molar-refractivity contribution in [2.45, 2.75) is 45.1 Å². The van der Waals surface area contributed by atoms with Crippen molar-refractivity contribution in [3.63, 3.8) is 0 Å². The molecule has 0 aliphatic carbocycles. The summed E-state index contributed by atoms with van der Waals surface area (Å²) in [6.45, 7) is 7.23. The van der Waals surface area contributed by atoms with Gasteiger partial charge in [0, 0.05) is 12.4 Å². The SMILES string of the molecule is Cn1ncc2cc(B3OC(C)(C)C(C)(C)O3)c(C(F)(F)F)cc21. The number of rotatable bonds is 1. The van der Waals surface area contributed by atoms with Crippen LogP contribution in [-0.2, 0) is 22.5 Å². The number of nitrogens with zero attached hydrogens (tertiary/aromatic N) is 2. The fourth-order valence-electron chi connectivity index (χ4n) is 2.63. The number of aromatic nitrogens is 2. The second-order valence-electron chi connectivity index (χ2n) is 6.85. The first-order chi connectivity index (χ1) is 10.4. The van der Waals surface area contributed by atoms with Crippen LogP contribution in [0.15, 0.2) is 18.3 Å². The zero-order chi connectivity index (χ0) is 17.2. The van der Waals surface area contributed by atoms with Crippen molar-refractivity contribution in [1.82, 2.24) is 9.78 Å². The first-order valence-electron chi connectivity index (χ1n) is 7.31. The number of aryl methyl sites for hydroxylation is 1. The molecule has 1 saturated heterocycles. The quantitative estimate of drug-likeness (QED) is 0.756. The van der Waals surface area contributed by atoms with Crippen LogP contribution in [-0.4, -0.2) is 28.1 Å². The third-order valence-electron chi connectivity index (χ3n) is 4.73.